The highest BCUT2D eigenvalue weighted by molar-refractivity contribution is 9.10. The molecule has 1 amide bonds. The van der Waals surface area contributed by atoms with Gasteiger partial charge in [0.1, 0.15) is 11.4 Å². The van der Waals surface area contributed by atoms with Gasteiger partial charge in [-0.1, -0.05) is 28.1 Å². The molecule has 0 fully saturated rings. The van der Waals surface area contributed by atoms with Gasteiger partial charge in [0, 0.05) is 17.2 Å². The quantitative estimate of drug-likeness (QED) is 0.718. The lowest BCUT2D eigenvalue weighted by molar-refractivity contribution is 0.0897. The number of carbonyl (C=O) groups excluding carboxylic acids is 1. The van der Waals surface area contributed by atoms with Crippen LogP contribution in [0.25, 0.3) is 5.69 Å². The van der Waals surface area contributed by atoms with Crippen LogP contribution >= 0.6 is 15.9 Å². The second kappa shape index (κ2) is 6.57. The van der Waals surface area contributed by atoms with Crippen molar-refractivity contribution >= 4 is 21.8 Å². The van der Waals surface area contributed by atoms with E-state index >= 15 is 0 Å². The average Bonchev–Trinajstić information content (AvgIpc) is 3.02. The fourth-order valence-electron chi connectivity index (χ4n) is 3.29. The average molecular weight is 413 g/mol. The Labute approximate surface area is 158 Å². The van der Waals surface area contributed by atoms with Crippen molar-refractivity contribution in [1.82, 2.24) is 19.4 Å². The zero-order valence-corrected chi connectivity index (χ0v) is 15.7. The summed E-state index contributed by atoms with van der Waals surface area (Å²) in [6.07, 6.45) is 4.07. The van der Waals surface area contributed by atoms with Crippen LogP contribution in [0.2, 0.25) is 0 Å². The lowest BCUT2D eigenvalue weighted by atomic mass is 10.0. The van der Waals surface area contributed by atoms with Crippen LogP contribution in [0.3, 0.4) is 0 Å². The van der Waals surface area contributed by atoms with Crippen LogP contribution < -0.4 is 10.9 Å². The third kappa shape index (κ3) is 3.10. The van der Waals surface area contributed by atoms with E-state index in [1.807, 2.05) is 31.2 Å². The number of hydrogen-bond donors (Lipinski definition) is 1. The maximum atomic E-state index is 12.9. The molecule has 6 nitrogen and oxygen atoms in total. The first-order valence-corrected chi connectivity index (χ1v) is 9.10. The van der Waals surface area contributed by atoms with Crippen LogP contribution in [0, 0.1) is 6.92 Å². The van der Waals surface area contributed by atoms with Crippen molar-refractivity contribution in [2.24, 2.45) is 0 Å². The SMILES string of the molecule is Cc1cn(-c2ccc3n(c2=O)CC(Cc2cccc(Br)c2)NC3=O)cn1. The molecule has 1 atom stereocenters. The Bertz CT molecular complexity index is 1050. The topological polar surface area (TPSA) is 68.9 Å². The molecule has 0 radical (unpaired) electrons. The van der Waals surface area contributed by atoms with E-state index in [1.54, 1.807) is 33.8 Å². The number of hydrogen-bond acceptors (Lipinski definition) is 3. The van der Waals surface area contributed by atoms with Gasteiger partial charge in [0.05, 0.1) is 18.1 Å². The highest BCUT2D eigenvalue weighted by Gasteiger charge is 2.26. The normalized spacial score (nSPS) is 16.2. The Balaban J connectivity index is 1.68. The minimum Gasteiger partial charge on any atom is -0.346 e. The van der Waals surface area contributed by atoms with Gasteiger partial charge >= 0.3 is 0 Å². The highest BCUT2D eigenvalue weighted by atomic mass is 79.9. The van der Waals surface area contributed by atoms with E-state index in [2.05, 4.69) is 26.2 Å². The number of fused-ring (bicyclic) bond motifs is 1. The van der Waals surface area contributed by atoms with Gasteiger partial charge in [0.25, 0.3) is 11.5 Å². The molecule has 3 aromatic rings. The molecule has 3 heterocycles. The zero-order chi connectivity index (χ0) is 18.3. The Morgan fingerprint density at radius 2 is 2.12 bits per heavy atom. The summed E-state index contributed by atoms with van der Waals surface area (Å²) in [7, 11) is 0. The van der Waals surface area contributed by atoms with Crippen LogP contribution in [0.1, 0.15) is 21.7 Å². The first-order valence-electron chi connectivity index (χ1n) is 8.31. The maximum absolute atomic E-state index is 12.9. The largest absolute Gasteiger partial charge is 0.346 e. The molecule has 132 valence electrons. The fourth-order valence-corrected chi connectivity index (χ4v) is 3.73. The molecule has 4 rings (SSSR count). The number of pyridine rings is 1. The van der Waals surface area contributed by atoms with Crippen LogP contribution in [0.15, 0.2) is 58.2 Å². The lowest BCUT2D eigenvalue weighted by Gasteiger charge is -2.27. The maximum Gasteiger partial charge on any atom is 0.275 e. The predicted molar refractivity (Wildman–Crippen MR) is 102 cm³/mol. The molecule has 0 saturated carbocycles. The molecule has 1 unspecified atom stereocenters. The second-order valence-corrected chi connectivity index (χ2v) is 7.36. The number of benzene rings is 1. The van der Waals surface area contributed by atoms with Crippen LogP contribution in [0.4, 0.5) is 0 Å². The summed E-state index contributed by atoms with van der Waals surface area (Å²) in [6.45, 7) is 2.31. The molecule has 1 aromatic carbocycles. The smallest absolute Gasteiger partial charge is 0.275 e. The van der Waals surface area contributed by atoms with Crippen molar-refractivity contribution in [2.45, 2.75) is 25.9 Å². The van der Waals surface area contributed by atoms with E-state index in [0.717, 1.165) is 15.7 Å². The summed E-state index contributed by atoms with van der Waals surface area (Å²) in [6, 6.07) is 11.2. The second-order valence-electron chi connectivity index (χ2n) is 6.45. The van der Waals surface area contributed by atoms with Gasteiger partial charge in [-0.3, -0.25) is 9.59 Å². The van der Waals surface area contributed by atoms with Gasteiger partial charge in [-0.15, -0.1) is 0 Å². The molecule has 1 N–H and O–H groups in total. The minimum absolute atomic E-state index is 0.137. The molecule has 0 aliphatic carbocycles. The fraction of sp³-hybridized carbons (Fsp3) is 0.211. The summed E-state index contributed by atoms with van der Waals surface area (Å²) in [5.41, 5.74) is 2.63. The predicted octanol–water partition coefficient (Wildman–Crippen LogP) is 2.46. The molecule has 0 saturated heterocycles. The van der Waals surface area contributed by atoms with Crippen LogP contribution in [-0.2, 0) is 13.0 Å². The van der Waals surface area contributed by atoms with Crippen molar-refractivity contribution in [3.8, 4) is 5.69 Å². The lowest BCUT2D eigenvalue weighted by Crippen LogP contribution is -2.49. The van der Waals surface area contributed by atoms with Crippen molar-refractivity contribution in [3.63, 3.8) is 0 Å². The summed E-state index contributed by atoms with van der Waals surface area (Å²) >= 11 is 3.46. The monoisotopic (exact) mass is 412 g/mol. The molecule has 7 heteroatoms. The Kier molecular flexibility index (Phi) is 4.24. The van der Waals surface area contributed by atoms with E-state index in [9.17, 15) is 9.59 Å². The van der Waals surface area contributed by atoms with E-state index in [1.165, 1.54) is 0 Å². The van der Waals surface area contributed by atoms with Gasteiger partial charge in [-0.2, -0.15) is 0 Å². The molecule has 2 aromatic heterocycles. The zero-order valence-electron chi connectivity index (χ0n) is 14.1. The van der Waals surface area contributed by atoms with Crippen molar-refractivity contribution in [3.05, 3.63) is 80.7 Å². The third-order valence-corrected chi connectivity index (χ3v) is 4.98. The molecule has 1 aliphatic heterocycles. The number of rotatable bonds is 3. The highest BCUT2D eigenvalue weighted by Crippen LogP contribution is 2.16. The van der Waals surface area contributed by atoms with Crippen molar-refractivity contribution in [2.75, 3.05) is 0 Å². The number of imidazole rings is 1. The summed E-state index contributed by atoms with van der Waals surface area (Å²) in [4.78, 5) is 29.6. The van der Waals surface area contributed by atoms with Gasteiger partial charge in [-0.25, -0.2) is 4.98 Å². The van der Waals surface area contributed by atoms with Crippen molar-refractivity contribution < 1.29 is 4.79 Å². The Morgan fingerprint density at radius 3 is 2.85 bits per heavy atom. The number of carbonyl (C=O) groups is 1. The number of nitrogens with one attached hydrogen (secondary N) is 1. The number of nitrogens with zero attached hydrogens (tertiary/aromatic N) is 3. The summed E-state index contributed by atoms with van der Waals surface area (Å²) in [5.74, 6) is -0.221. The van der Waals surface area contributed by atoms with Gasteiger partial charge in [0.2, 0.25) is 0 Å². The first-order chi connectivity index (χ1) is 12.5. The van der Waals surface area contributed by atoms with Crippen LogP contribution in [0.5, 0.6) is 0 Å². The van der Waals surface area contributed by atoms with Gasteiger partial charge < -0.3 is 14.5 Å². The van der Waals surface area contributed by atoms with Gasteiger partial charge in [-0.05, 0) is 43.2 Å². The molecule has 26 heavy (non-hydrogen) atoms. The van der Waals surface area contributed by atoms with Crippen molar-refractivity contribution in [1.29, 1.82) is 0 Å². The van der Waals surface area contributed by atoms with E-state index < -0.39 is 0 Å². The molecule has 1 aliphatic rings. The molecular weight excluding hydrogens is 396 g/mol. The Morgan fingerprint density at radius 1 is 1.27 bits per heavy atom. The number of aromatic nitrogens is 3. The molecule has 0 bridgehead atoms. The minimum atomic E-state index is -0.221. The summed E-state index contributed by atoms with van der Waals surface area (Å²) in [5, 5.41) is 3.00. The number of amides is 1. The third-order valence-electron chi connectivity index (χ3n) is 4.49. The molecular formula is C19H17BrN4O2. The molecule has 0 spiro atoms. The van der Waals surface area contributed by atoms with E-state index in [0.29, 0.717) is 24.3 Å². The number of aryl methyl sites for hydroxylation is 1. The number of halogens is 1. The van der Waals surface area contributed by atoms with E-state index in [-0.39, 0.29) is 17.5 Å². The van der Waals surface area contributed by atoms with Crippen LogP contribution in [-0.4, -0.2) is 26.1 Å². The Hall–Kier alpha value is -2.67. The van der Waals surface area contributed by atoms with Gasteiger partial charge in [0.15, 0.2) is 0 Å². The summed E-state index contributed by atoms with van der Waals surface area (Å²) < 4.78 is 4.25. The first kappa shape index (κ1) is 16.8. The van der Waals surface area contributed by atoms with E-state index in [4.69, 9.17) is 0 Å². The standard InChI is InChI=1S/C19H17BrN4O2/c1-12-9-23(11-21-12)17-6-5-16-18(25)22-15(10-24(16)19(17)26)8-13-3-2-4-14(20)7-13/h2-7,9,11,15H,8,10H2,1H3,(H,22,25).